The number of aliphatic hydroxyl groups excluding tert-OH is 2. The van der Waals surface area contributed by atoms with Gasteiger partial charge in [0, 0.05) is 13.6 Å². The van der Waals surface area contributed by atoms with Gasteiger partial charge in [0.2, 0.25) is 5.28 Å². The normalized spacial score (nSPS) is 23.7. The zero-order valence-corrected chi connectivity index (χ0v) is 18.7. The second kappa shape index (κ2) is 9.03. The Morgan fingerprint density at radius 3 is 2.59 bits per heavy atom. The van der Waals surface area contributed by atoms with Crippen molar-refractivity contribution >= 4 is 36.2 Å². The molecule has 0 aliphatic carbocycles. The van der Waals surface area contributed by atoms with E-state index in [4.69, 9.17) is 26.1 Å². The van der Waals surface area contributed by atoms with Crippen LogP contribution >= 0.6 is 19.2 Å². The Morgan fingerprint density at radius 2 is 1.91 bits per heavy atom. The highest BCUT2D eigenvalue weighted by atomic mass is 35.5. The number of hydrogen-bond donors (Lipinski definition) is 4. The number of anilines is 1. The molecule has 4 rings (SSSR count). The highest BCUT2D eigenvalue weighted by Crippen LogP contribution is 2.40. The second-order valence-electron chi connectivity index (χ2n) is 7.71. The summed E-state index contributed by atoms with van der Waals surface area (Å²) in [5, 5.41) is 20.8. The van der Waals surface area contributed by atoms with Crippen LogP contribution in [0.15, 0.2) is 36.7 Å². The predicted molar refractivity (Wildman–Crippen MR) is 116 cm³/mol. The molecule has 1 fully saturated rings. The Morgan fingerprint density at radius 1 is 1.19 bits per heavy atom. The summed E-state index contributed by atoms with van der Waals surface area (Å²) in [6.45, 7) is 0.544. The fourth-order valence-corrected chi connectivity index (χ4v) is 4.50. The molecule has 1 aromatic carbocycles. The lowest BCUT2D eigenvalue weighted by Crippen LogP contribution is -2.31. The molecule has 0 radical (unpaired) electrons. The predicted octanol–water partition coefficient (Wildman–Crippen LogP) is 1.30. The molecule has 1 aliphatic heterocycles. The molecule has 172 valence electrons. The molecule has 13 heteroatoms. The van der Waals surface area contributed by atoms with Crippen molar-refractivity contribution in [2.24, 2.45) is 0 Å². The van der Waals surface area contributed by atoms with Crippen LogP contribution in [0.25, 0.3) is 11.2 Å². The molecular weight excluding hydrogens is 461 g/mol. The number of benzene rings is 1. The number of aliphatic hydroxyl groups is 2. The molecule has 1 aliphatic rings. The lowest BCUT2D eigenvalue weighted by Gasteiger charge is -2.20. The number of hydrogen-bond acceptors (Lipinski definition) is 8. The molecule has 2 unspecified atom stereocenters. The Balaban J connectivity index is 1.63. The van der Waals surface area contributed by atoms with E-state index in [9.17, 15) is 14.8 Å². The van der Waals surface area contributed by atoms with Gasteiger partial charge in [0.15, 0.2) is 23.2 Å². The van der Waals surface area contributed by atoms with Crippen molar-refractivity contribution in [2.45, 2.75) is 37.5 Å². The Kier molecular flexibility index (Phi) is 6.51. The van der Waals surface area contributed by atoms with Crippen LogP contribution in [0.3, 0.4) is 0 Å². The first kappa shape index (κ1) is 23.1. The van der Waals surface area contributed by atoms with E-state index in [2.05, 4.69) is 15.0 Å². The summed E-state index contributed by atoms with van der Waals surface area (Å²) in [6.07, 6.45) is -3.89. The molecule has 32 heavy (non-hydrogen) atoms. The first-order chi connectivity index (χ1) is 15.1. The maximum Gasteiger partial charge on any atom is 0.325 e. The summed E-state index contributed by atoms with van der Waals surface area (Å²) in [6, 6.07) is 9.77. The quantitative estimate of drug-likeness (QED) is 0.285. The number of imidazole rings is 1. The van der Waals surface area contributed by atoms with E-state index in [1.165, 1.54) is 10.9 Å². The van der Waals surface area contributed by atoms with Crippen molar-refractivity contribution < 1.29 is 29.3 Å². The topological polar surface area (TPSA) is 154 Å². The number of ether oxygens (including phenoxy) is 1. The molecule has 0 saturated carbocycles. The molecule has 4 N–H and O–H groups in total. The number of halogens is 1. The second-order valence-corrected chi connectivity index (χ2v) is 9.82. The van der Waals surface area contributed by atoms with Gasteiger partial charge >= 0.3 is 7.60 Å². The molecule has 3 heterocycles. The van der Waals surface area contributed by atoms with Crippen LogP contribution < -0.4 is 4.90 Å². The van der Waals surface area contributed by atoms with Crippen LogP contribution in [0, 0.1) is 0 Å². The summed E-state index contributed by atoms with van der Waals surface area (Å²) in [4.78, 5) is 33.0. The van der Waals surface area contributed by atoms with E-state index in [1.807, 2.05) is 42.3 Å². The monoisotopic (exact) mass is 483 g/mol. The Bertz CT molecular complexity index is 1140. The smallest absolute Gasteiger partial charge is 0.325 e. The van der Waals surface area contributed by atoms with Gasteiger partial charge in [0.05, 0.1) is 18.6 Å². The minimum absolute atomic E-state index is 0.0275. The van der Waals surface area contributed by atoms with Crippen molar-refractivity contribution in [2.75, 3.05) is 18.1 Å². The summed E-state index contributed by atoms with van der Waals surface area (Å²) in [7, 11) is -2.43. The number of nitrogens with zero attached hydrogens (tertiary/aromatic N) is 5. The number of aromatic nitrogens is 4. The van der Waals surface area contributed by atoms with E-state index in [-0.39, 0.29) is 11.7 Å². The van der Waals surface area contributed by atoms with Gasteiger partial charge in [-0.05, 0) is 23.6 Å². The van der Waals surface area contributed by atoms with Gasteiger partial charge < -0.3 is 29.6 Å². The van der Waals surface area contributed by atoms with Gasteiger partial charge in [0.25, 0.3) is 0 Å². The summed E-state index contributed by atoms with van der Waals surface area (Å²) in [5.41, 5.74) is 1.78. The van der Waals surface area contributed by atoms with E-state index >= 15 is 0 Å². The molecule has 0 bridgehead atoms. The van der Waals surface area contributed by atoms with Crippen LogP contribution in [0.2, 0.25) is 5.28 Å². The standard InChI is InChI=1S/C19H23ClN5O6P/c1-24(9-11-5-3-2-4-6-11)16-13-17(23-19(20)22-16)25(10-21-13)18-15(27)14(26)12(31-18)7-8-32(28,29)30/h2-6,10,12,14-15,18,26-27H,7-9H2,1H3,(H2,28,29,30)/t12-,14?,15?,18-/m1/s1. The van der Waals surface area contributed by atoms with Crippen LogP contribution in [0.1, 0.15) is 18.2 Å². The van der Waals surface area contributed by atoms with Gasteiger partial charge in [-0.15, -0.1) is 0 Å². The minimum atomic E-state index is -4.27. The maximum atomic E-state index is 11.2. The first-order valence-electron chi connectivity index (χ1n) is 9.85. The Labute approximate surface area is 188 Å². The molecule has 1 saturated heterocycles. The third kappa shape index (κ3) is 4.79. The highest BCUT2D eigenvalue weighted by Gasteiger charge is 2.44. The maximum absolute atomic E-state index is 11.2. The molecule has 0 amide bonds. The van der Waals surface area contributed by atoms with Crippen LogP contribution in [-0.4, -0.2) is 71.0 Å². The fourth-order valence-electron chi connectivity index (χ4n) is 3.75. The van der Waals surface area contributed by atoms with Crippen molar-refractivity contribution in [1.29, 1.82) is 0 Å². The van der Waals surface area contributed by atoms with Crippen molar-refractivity contribution in [3.05, 3.63) is 47.5 Å². The van der Waals surface area contributed by atoms with Crippen LogP contribution in [-0.2, 0) is 15.8 Å². The van der Waals surface area contributed by atoms with Gasteiger partial charge in [0.1, 0.15) is 12.2 Å². The Hall–Kier alpha value is -2.11. The fraction of sp³-hybridized carbons (Fsp3) is 0.421. The number of rotatable bonds is 7. The summed E-state index contributed by atoms with van der Waals surface area (Å²) < 4.78 is 18.3. The van der Waals surface area contributed by atoms with Crippen LogP contribution in [0.5, 0.6) is 0 Å². The third-order valence-electron chi connectivity index (χ3n) is 5.32. The SMILES string of the molecule is CN(Cc1ccccc1)c1nc(Cl)nc2c1ncn2[C@@H]1O[C@H](CCP(=O)(O)O)C(O)C1O. The molecule has 0 spiro atoms. The highest BCUT2D eigenvalue weighted by molar-refractivity contribution is 7.51. The van der Waals surface area contributed by atoms with Crippen molar-refractivity contribution in [3.8, 4) is 0 Å². The van der Waals surface area contributed by atoms with E-state index in [1.54, 1.807) is 0 Å². The summed E-state index contributed by atoms with van der Waals surface area (Å²) in [5.74, 6) is 0.480. The van der Waals surface area contributed by atoms with Crippen molar-refractivity contribution in [1.82, 2.24) is 19.5 Å². The van der Waals surface area contributed by atoms with Gasteiger partial charge in [-0.1, -0.05) is 30.3 Å². The van der Waals surface area contributed by atoms with Gasteiger partial charge in [-0.3, -0.25) is 9.13 Å². The molecule has 4 atom stereocenters. The van der Waals surface area contributed by atoms with Gasteiger partial charge in [-0.25, -0.2) is 4.98 Å². The van der Waals surface area contributed by atoms with E-state index in [0.29, 0.717) is 23.5 Å². The molecule has 2 aromatic heterocycles. The average Bonchev–Trinajstić information content (AvgIpc) is 3.27. The van der Waals surface area contributed by atoms with E-state index in [0.717, 1.165) is 5.56 Å². The zero-order valence-electron chi connectivity index (χ0n) is 17.1. The molecule has 11 nitrogen and oxygen atoms in total. The minimum Gasteiger partial charge on any atom is -0.388 e. The number of fused-ring (bicyclic) bond motifs is 1. The van der Waals surface area contributed by atoms with Gasteiger partial charge in [-0.2, -0.15) is 9.97 Å². The first-order valence-corrected chi connectivity index (χ1v) is 12.0. The lowest BCUT2D eigenvalue weighted by atomic mass is 10.1. The molecular formula is C19H23ClN5O6P. The summed E-state index contributed by atoms with van der Waals surface area (Å²) >= 11 is 6.17. The van der Waals surface area contributed by atoms with E-state index < -0.39 is 38.3 Å². The largest absolute Gasteiger partial charge is 0.388 e. The van der Waals surface area contributed by atoms with Crippen LogP contribution in [0.4, 0.5) is 5.82 Å². The van der Waals surface area contributed by atoms with Crippen molar-refractivity contribution in [3.63, 3.8) is 0 Å². The molecule has 3 aromatic rings. The lowest BCUT2D eigenvalue weighted by molar-refractivity contribution is -0.0355. The third-order valence-corrected chi connectivity index (χ3v) is 6.33. The zero-order chi connectivity index (χ0) is 23.0. The average molecular weight is 484 g/mol.